The molecular weight excluding hydrogens is 280 g/mol. The van der Waals surface area contributed by atoms with Crippen LogP contribution in [0, 0.1) is 5.41 Å². The van der Waals surface area contributed by atoms with Gasteiger partial charge < -0.3 is 10.6 Å². The van der Waals surface area contributed by atoms with Gasteiger partial charge in [0.1, 0.15) is 0 Å². The molecule has 0 amide bonds. The normalized spacial score (nSPS) is 20.3. The fraction of sp³-hybridized carbons (Fsp3) is 0.667. The summed E-state index contributed by atoms with van der Waals surface area (Å²) in [6.07, 6.45) is 6.01. The van der Waals surface area contributed by atoms with E-state index in [1.807, 2.05) is 6.07 Å². The molecule has 1 aromatic carbocycles. The van der Waals surface area contributed by atoms with Gasteiger partial charge in [0.05, 0.1) is 0 Å². The first kappa shape index (κ1) is 16.6. The van der Waals surface area contributed by atoms with Gasteiger partial charge >= 0.3 is 0 Å². The molecule has 0 aromatic heterocycles. The molecule has 2 N–H and O–H groups in total. The zero-order chi connectivity index (χ0) is 15.6. The third-order valence-electron chi connectivity index (χ3n) is 4.83. The summed E-state index contributed by atoms with van der Waals surface area (Å²) in [7, 11) is 2.21. The molecular formula is C18H29ClN2. The molecule has 0 aliphatic heterocycles. The van der Waals surface area contributed by atoms with Crippen LogP contribution in [-0.4, -0.2) is 19.1 Å². The number of rotatable bonds is 4. The van der Waals surface area contributed by atoms with Crippen molar-refractivity contribution < 1.29 is 0 Å². The largest absolute Gasteiger partial charge is 0.371 e. The lowest BCUT2D eigenvalue weighted by atomic mass is 9.75. The maximum Gasteiger partial charge on any atom is 0.0426 e. The van der Waals surface area contributed by atoms with Crippen molar-refractivity contribution in [2.45, 2.75) is 65.0 Å². The Hall–Kier alpha value is -0.730. The van der Waals surface area contributed by atoms with E-state index in [0.717, 1.165) is 11.4 Å². The number of nitrogens with two attached hydrogens (primary N) is 1. The van der Waals surface area contributed by atoms with Gasteiger partial charge in [0, 0.05) is 29.8 Å². The van der Waals surface area contributed by atoms with E-state index in [2.05, 4.69) is 44.9 Å². The van der Waals surface area contributed by atoms with Gasteiger partial charge in [-0.15, -0.1) is 0 Å². The molecule has 1 atom stereocenters. The molecule has 118 valence electrons. The number of nitrogens with zero attached hydrogens (tertiary/aromatic N) is 1. The number of anilines is 1. The molecule has 1 aliphatic rings. The van der Waals surface area contributed by atoms with Crippen LogP contribution in [-0.2, 0) is 6.42 Å². The van der Waals surface area contributed by atoms with Crippen LogP contribution < -0.4 is 10.6 Å². The second kappa shape index (κ2) is 6.58. The molecule has 2 nitrogen and oxygen atoms in total. The number of halogens is 1. The van der Waals surface area contributed by atoms with Crippen LogP contribution in [0.25, 0.3) is 0 Å². The smallest absolute Gasteiger partial charge is 0.0426 e. The summed E-state index contributed by atoms with van der Waals surface area (Å²) in [5.74, 6) is 0. The average Bonchev–Trinajstić information content (AvgIpc) is 2.39. The molecule has 1 unspecified atom stereocenters. The van der Waals surface area contributed by atoms with E-state index in [9.17, 15) is 0 Å². The Bertz CT molecular complexity index is 472. The Labute approximate surface area is 134 Å². The highest BCUT2D eigenvalue weighted by Gasteiger charge is 2.29. The summed E-state index contributed by atoms with van der Waals surface area (Å²) >= 11 is 6.22. The van der Waals surface area contributed by atoms with Crippen LogP contribution in [0.4, 0.5) is 5.69 Å². The summed E-state index contributed by atoms with van der Waals surface area (Å²) < 4.78 is 0. The van der Waals surface area contributed by atoms with Gasteiger partial charge in [-0.3, -0.25) is 0 Å². The summed E-state index contributed by atoms with van der Waals surface area (Å²) in [6.45, 7) is 6.82. The molecule has 0 bridgehead atoms. The van der Waals surface area contributed by atoms with Crippen molar-refractivity contribution in [3.05, 3.63) is 28.8 Å². The second-order valence-electron chi connectivity index (χ2n) is 7.46. The zero-order valence-electron chi connectivity index (χ0n) is 13.8. The SMILES string of the molecule is CC(N)Cc1ccc(Cl)cc1N(C)C1CCC(C)(C)CC1. The van der Waals surface area contributed by atoms with Crippen LogP contribution in [0.3, 0.4) is 0 Å². The predicted octanol–water partition coefficient (Wildman–Crippen LogP) is 4.63. The molecule has 1 aromatic rings. The minimum Gasteiger partial charge on any atom is -0.371 e. The van der Waals surface area contributed by atoms with Gasteiger partial charge in [-0.25, -0.2) is 0 Å². The highest BCUT2D eigenvalue weighted by Crippen LogP contribution is 2.38. The summed E-state index contributed by atoms with van der Waals surface area (Å²) in [4.78, 5) is 2.43. The van der Waals surface area contributed by atoms with Crippen molar-refractivity contribution in [3.63, 3.8) is 0 Å². The van der Waals surface area contributed by atoms with E-state index in [1.54, 1.807) is 0 Å². The van der Waals surface area contributed by atoms with E-state index in [4.69, 9.17) is 17.3 Å². The maximum absolute atomic E-state index is 6.22. The van der Waals surface area contributed by atoms with E-state index < -0.39 is 0 Å². The minimum atomic E-state index is 0.170. The average molecular weight is 309 g/mol. The molecule has 0 spiro atoms. The van der Waals surface area contributed by atoms with Crippen molar-refractivity contribution in [1.82, 2.24) is 0 Å². The van der Waals surface area contributed by atoms with Crippen LogP contribution in [0.15, 0.2) is 18.2 Å². The Morgan fingerprint density at radius 2 is 1.95 bits per heavy atom. The lowest BCUT2D eigenvalue weighted by Gasteiger charge is -2.40. The van der Waals surface area contributed by atoms with Gasteiger partial charge in [-0.2, -0.15) is 0 Å². The van der Waals surface area contributed by atoms with Crippen molar-refractivity contribution in [1.29, 1.82) is 0 Å². The highest BCUT2D eigenvalue weighted by molar-refractivity contribution is 6.30. The first-order chi connectivity index (χ1) is 9.78. The lowest BCUT2D eigenvalue weighted by molar-refractivity contribution is 0.222. The molecule has 2 rings (SSSR count). The van der Waals surface area contributed by atoms with E-state index >= 15 is 0 Å². The first-order valence-electron chi connectivity index (χ1n) is 8.05. The summed E-state index contributed by atoms with van der Waals surface area (Å²) in [5, 5.41) is 0.807. The van der Waals surface area contributed by atoms with Gasteiger partial charge in [-0.05, 0) is 62.1 Å². The van der Waals surface area contributed by atoms with Crippen LogP contribution in [0.2, 0.25) is 5.02 Å². The molecule has 0 saturated heterocycles. The fourth-order valence-electron chi connectivity index (χ4n) is 3.35. The highest BCUT2D eigenvalue weighted by atomic mass is 35.5. The molecule has 21 heavy (non-hydrogen) atoms. The topological polar surface area (TPSA) is 29.3 Å². The monoisotopic (exact) mass is 308 g/mol. The Kier molecular flexibility index (Phi) is 5.21. The molecule has 1 saturated carbocycles. The lowest BCUT2D eigenvalue weighted by Crippen LogP contribution is -2.38. The van der Waals surface area contributed by atoms with Gasteiger partial charge in [0.25, 0.3) is 0 Å². The fourth-order valence-corrected chi connectivity index (χ4v) is 3.52. The van der Waals surface area contributed by atoms with Gasteiger partial charge in [0.2, 0.25) is 0 Å². The quantitative estimate of drug-likeness (QED) is 0.878. The Morgan fingerprint density at radius 3 is 2.52 bits per heavy atom. The van der Waals surface area contributed by atoms with E-state index in [-0.39, 0.29) is 6.04 Å². The van der Waals surface area contributed by atoms with Crippen molar-refractivity contribution in [2.24, 2.45) is 11.1 Å². The molecule has 1 fully saturated rings. The first-order valence-corrected chi connectivity index (χ1v) is 8.43. The molecule has 3 heteroatoms. The number of hydrogen-bond acceptors (Lipinski definition) is 2. The minimum absolute atomic E-state index is 0.170. The third-order valence-corrected chi connectivity index (χ3v) is 5.06. The van der Waals surface area contributed by atoms with Gasteiger partial charge in [0.15, 0.2) is 0 Å². The number of hydrogen-bond donors (Lipinski definition) is 1. The van der Waals surface area contributed by atoms with E-state index in [1.165, 1.54) is 36.9 Å². The van der Waals surface area contributed by atoms with E-state index in [0.29, 0.717) is 11.5 Å². The van der Waals surface area contributed by atoms with Crippen molar-refractivity contribution in [3.8, 4) is 0 Å². The molecule has 1 aliphatic carbocycles. The summed E-state index contributed by atoms with van der Waals surface area (Å²) in [6, 6.07) is 6.98. The van der Waals surface area contributed by atoms with Crippen molar-refractivity contribution >= 4 is 17.3 Å². The second-order valence-corrected chi connectivity index (χ2v) is 7.90. The summed E-state index contributed by atoms with van der Waals surface area (Å²) in [5.41, 5.74) is 9.06. The molecule has 0 heterocycles. The predicted molar refractivity (Wildman–Crippen MR) is 93.2 cm³/mol. The Morgan fingerprint density at radius 1 is 1.33 bits per heavy atom. The number of benzene rings is 1. The Balaban J connectivity index is 2.18. The van der Waals surface area contributed by atoms with Crippen molar-refractivity contribution in [2.75, 3.05) is 11.9 Å². The standard InChI is InChI=1S/C18H29ClN2/c1-13(20)11-14-5-6-15(19)12-17(14)21(4)16-7-9-18(2,3)10-8-16/h5-6,12-13,16H,7-11,20H2,1-4H3. The maximum atomic E-state index is 6.22. The third kappa shape index (κ3) is 4.37. The molecule has 0 radical (unpaired) electrons. The zero-order valence-corrected chi connectivity index (χ0v) is 14.6. The van der Waals surface area contributed by atoms with Crippen LogP contribution in [0.1, 0.15) is 52.0 Å². The van der Waals surface area contributed by atoms with Crippen LogP contribution in [0.5, 0.6) is 0 Å². The van der Waals surface area contributed by atoms with Gasteiger partial charge in [-0.1, -0.05) is 31.5 Å². The van der Waals surface area contributed by atoms with Crippen LogP contribution >= 0.6 is 11.6 Å².